The lowest BCUT2D eigenvalue weighted by atomic mass is 9.85. The summed E-state index contributed by atoms with van der Waals surface area (Å²) >= 11 is 0. The van der Waals surface area contributed by atoms with Gasteiger partial charge in [0.1, 0.15) is 0 Å². The van der Waals surface area contributed by atoms with Crippen LogP contribution in [0.5, 0.6) is 0 Å². The molecule has 122 valence electrons. The largest absolute Gasteiger partial charge is 0.465 e. The zero-order valence-electron chi connectivity index (χ0n) is 12.4. The molecule has 1 N–H and O–H groups in total. The Balaban J connectivity index is 1.71. The molecule has 1 aliphatic carbocycles. The molecule has 0 aromatic rings. The van der Waals surface area contributed by atoms with Crippen LogP contribution in [0.2, 0.25) is 0 Å². The molecule has 0 aromatic heterocycles. The predicted molar refractivity (Wildman–Crippen MR) is 77.7 cm³/mol. The van der Waals surface area contributed by atoms with Crippen LogP contribution in [-0.2, 0) is 14.3 Å². The molecule has 2 fully saturated rings. The quantitative estimate of drug-likeness (QED) is 0.772. The summed E-state index contributed by atoms with van der Waals surface area (Å²) in [5.41, 5.74) is 0. The topological polar surface area (TPSA) is 87.2 Å². The number of piperazine rings is 1. The van der Waals surface area contributed by atoms with Gasteiger partial charge in [-0.1, -0.05) is 0 Å². The Morgan fingerprint density at radius 2 is 1.71 bits per heavy atom. The van der Waals surface area contributed by atoms with Gasteiger partial charge in [0.15, 0.2) is 0 Å². The molecule has 0 unspecified atom stereocenters. The highest BCUT2D eigenvalue weighted by Gasteiger charge is 2.29. The molecule has 2 rings (SSSR count). The summed E-state index contributed by atoms with van der Waals surface area (Å²) in [4.78, 5) is 14.7. The van der Waals surface area contributed by atoms with Crippen LogP contribution in [0.4, 0.5) is 4.79 Å². The van der Waals surface area contributed by atoms with Gasteiger partial charge in [-0.25, -0.2) is 4.79 Å². The van der Waals surface area contributed by atoms with Crippen molar-refractivity contribution >= 4 is 16.2 Å². The molecule has 1 aliphatic heterocycles. The summed E-state index contributed by atoms with van der Waals surface area (Å²) in [5.74, 6) is 0.316. The first-order valence-electron chi connectivity index (χ1n) is 7.41. The molecule has 0 radical (unpaired) electrons. The van der Waals surface area contributed by atoms with E-state index in [0.717, 1.165) is 45.0 Å². The van der Waals surface area contributed by atoms with Gasteiger partial charge in [-0.2, -0.15) is 8.42 Å². The maximum absolute atomic E-state index is 11.0. The smallest absolute Gasteiger partial charge is 0.407 e. The van der Waals surface area contributed by atoms with E-state index in [-0.39, 0.29) is 0 Å². The first kappa shape index (κ1) is 16.5. The summed E-state index contributed by atoms with van der Waals surface area (Å²) < 4.78 is 26.9. The molecule has 2 aliphatic rings. The number of hydrogen-bond acceptors (Lipinski definition) is 5. The number of carbonyl (C=O) groups is 1. The van der Waals surface area contributed by atoms with Crippen LogP contribution in [0.25, 0.3) is 0 Å². The molecule has 0 spiro atoms. The molecule has 1 saturated heterocycles. The molecule has 0 atom stereocenters. The van der Waals surface area contributed by atoms with E-state index < -0.39 is 16.2 Å². The standard InChI is InChI=1S/C13H24N2O5S/c1-21(18,19)20-10-11-2-4-12(5-3-11)14-6-8-15(9-7-14)13(16)17/h11-12H,2-10H2,1H3,(H,16,17). The van der Waals surface area contributed by atoms with Crippen molar-refractivity contribution in [3.63, 3.8) is 0 Å². The Morgan fingerprint density at radius 3 is 2.19 bits per heavy atom. The lowest BCUT2D eigenvalue weighted by molar-refractivity contribution is 0.0622. The fourth-order valence-electron chi connectivity index (χ4n) is 3.17. The van der Waals surface area contributed by atoms with Gasteiger partial charge >= 0.3 is 6.09 Å². The van der Waals surface area contributed by atoms with Crippen LogP contribution < -0.4 is 0 Å². The van der Waals surface area contributed by atoms with Gasteiger partial charge in [0.2, 0.25) is 0 Å². The number of amides is 1. The van der Waals surface area contributed by atoms with Gasteiger partial charge < -0.3 is 10.0 Å². The Bertz CT molecular complexity index is 451. The second-order valence-electron chi connectivity index (χ2n) is 5.97. The van der Waals surface area contributed by atoms with Crippen LogP contribution >= 0.6 is 0 Å². The average molecular weight is 320 g/mol. The third-order valence-electron chi connectivity index (χ3n) is 4.44. The minimum atomic E-state index is -3.34. The average Bonchev–Trinajstić information content (AvgIpc) is 2.45. The molecular formula is C13H24N2O5S. The molecular weight excluding hydrogens is 296 g/mol. The van der Waals surface area contributed by atoms with Crippen molar-refractivity contribution in [1.82, 2.24) is 9.80 Å². The highest BCUT2D eigenvalue weighted by Crippen LogP contribution is 2.28. The summed E-state index contributed by atoms with van der Waals surface area (Å²) in [6, 6.07) is 0.496. The van der Waals surface area contributed by atoms with E-state index in [0.29, 0.717) is 31.7 Å². The van der Waals surface area contributed by atoms with Crippen LogP contribution in [0.15, 0.2) is 0 Å². The van der Waals surface area contributed by atoms with Crippen LogP contribution in [0.3, 0.4) is 0 Å². The van der Waals surface area contributed by atoms with Crippen molar-refractivity contribution < 1.29 is 22.5 Å². The molecule has 0 bridgehead atoms. The Labute approximate surface area is 126 Å². The molecule has 1 heterocycles. The normalized spacial score (nSPS) is 28.5. The fraction of sp³-hybridized carbons (Fsp3) is 0.923. The molecule has 0 aromatic carbocycles. The Kier molecular flexibility index (Phi) is 5.45. The van der Waals surface area contributed by atoms with Crippen LogP contribution in [0, 0.1) is 5.92 Å². The molecule has 1 saturated carbocycles. The third kappa shape index (κ3) is 5.12. The van der Waals surface area contributed by atoms with Crippen molar-refractivity contribution in [2.24, 2.45) is 5.92 Å². The second kappa shape index (κ2) is 6.93. The number of rotatable bonds is 4. The first-order chi connectivity index (χ1) is 9.85. The zero-order chi connectivity index (χ0) is 15.5. The van der Waals surface area contributed by atoms with Gasteiger partial charge in [0.25, 0.3) is 10.1 Å². The predicted octanol–water partition coefficient (Wildman–Crippen LogP) is 0.817. The van der Waals surface area contributed by atoms with E-state index in [9.17, 15) is 13.2 Å². The van der Waals surface area contributed by atoms with Crippen molar-refractivity contribution in [1.29, 1.82) is 0 Å². The van der Waals surface area contributed by atoms with Crippen LogP contribution in [0.1, 0.15) is 25.7 Å². The summed E-state index contributed by atoms with van der Waals surface area (Å²) in [7, 11) is -3.34. The van der Waals surface area contributed by atoms with E-state index >= 15 is 0 Å². The van der Waals surface area contributed by atoms with E-state index in [1.54, 1.807) is 0 Å². The molecule has 7 nitrogen and oxygen atoms in total. The van der Waals surface area contributed by atoms with Crippen molar-refractivity contribution in [3.05, 3.63) is 0 Å². The van der Waals surface area contributed by atoms with Gasteiger partial charge in [0, 0.05) is 32.2 Å². The fourth-order valence-corrected chi connectivity index (χ4v) is 3.61. The molecule has 8 heteroatoms. The van der Waals surface area contributed by atoms with Crippen molar-refractivity contribution in [3.8, 4) is 0 Å². The highest BCUT2D eigenvalue weighted by molar-refractivity contribution is 7.85. The van der Waals surface area contributed by atoms with Crippen molar-refractivity contribution in [2.45, 2.75) is 31.7 Å². The van der Waals surface area contributed by atoms with E-state index in [4.69, 9.17) is 9.29 Å². The third-order valence-corrected chi connectivity index (χ3v) is 5.00. The van der Waals surface area contributed by atoms with E-state index in [1.165, 1.54) is 4.90 Å². The van der Waals surface area contributed by atoms with Gasteiger partial charge in [0.05, 0.1) is 12.9 Å². The van der Waals surface area contributed by atoms with E-state index in [2.05, 4.69) is 4.90 Å². The van der Waals surface area contributed by atoms with E-state index in [1.807, 2.05) is 0 Å². The minimum absolute atomic E-state index is 0.290. The summed E-state index contributed by atoms with van der Waals surface area (Å²) in [6.45, 7) is 3.03. The monoisotopic (exact) mass is 320 g/mol. The first-order valence-corrected chi connectivity index (χ1v) is 9.23. The molecule has 21 heavy (non-hydrogen) atoms. The Hall–Kier alpha value is -0.860. The lowest BCUT2D eigenvalue weighted by Gasteiger charge is -2.41. The van der Waals surface area contributed by atoms with Crippen LogP contribution in [-0.4, -0.2) is 74.5 Å². The SMILES string of the molecule is CS(=O)(=O)OCC1CCC(N2CCN(C(=O)O)CC2)CC1. The number of hydrogen-bond donors (Lipinski definition) is 1. The van der Waals surface area contributed by atoms with Crippen molar-refractivity contribution in [2.75, 3.05) is 39.0 Å². The highest BCUT2D eigenvalue weighted by atomic mass is 32.2. The van der Waals surface area contributed by atoms with Gasteiger partial charge in [-0.05, 0) is 31.6 Å². The Morgan fingerprint density at radius 1 is 1.14 bits per heavy atom. The summed E-state index contributed by atoms with van der Waals surface area (Å²) in [6.07, 6.45) is 4.26. The zero-order valence-corrected chi connectivity index (χ0v) is 13.2. The number of nitrogens with zero attached hydrogens (tertiary/aromatic N) is 2. The maximum atomic E-state index is 11.0. The number of carboxylic acid groups (broad SMARTS) is 1. The van der Waals surface area contributed by atoms with Gasteiger partial charge in [-0.15, -0.1) is 0 Å². The second-order valence-corrected chi connectivity index (χ2v) is 7.61. The molecule has 1 amide bonds. The van der Waals surface area contributed by atoms with Gasteiger partial charge in [-0.3, -0.25) is 9.08 Å². The summed E-state index contributed by atoms with van der Waals surface area (Å²) in [5, 5.41) is 8.94. The lowest BCUT2D eigenvalue weighted by Crippen LogP contribution is -2.52. The maximum Gasteiger partial charge on any atom is 0.407 e. The minimum Gasteiger partial charge on any atom is -0.465 e.